The average molecular weight is 271 g/mol. The van der Waals surface area contributed by atoms with E-state index in [1.807, 2.05) is 18.5 Å². The average Bonchev–Trinajstić information content (AvgIpc) is 2.94. The Kier molecular flexibility index (Phi) is 3.09. The maximum absolute atomic E-state index is 4.43. The van der Waals surface area contributed by atoms with Gasteiger partial charge in [-0.3, -0.25) is 9.78 Å². The van der Waals surface area contributed by atoms with Crippen molar-refractivity contribution in [2.75, 3.05) is 11.9 Å². The van der Waals surface area contributed by atoms with Crippen molar-refractivity contribution >= 4 is 16.9 Å². The fourth-order valence-corrected chi connectivity index (χ4v) is 2.26. The SMILES string of the molecule is Cc1cc(C)n(CCNc2ncnc3c(C)[nH]nc23)n1. The topological polar surface area (TPSA) is 84.3 Å². The lowest BCUT2D eigenvalue weighted by atomic mass is 10.3. The lowest BCUT2D eigenvalue weighted by molar-refractivity contribution is 0.614. The van der Waals surface area contributed by atoms with Gasteiger partial charge in [0.15, 0.2) is 11.3 Å². The van der Waals surface area contributed by atoms with E-state index in [0.717, 1.165) is 47.0 Å². The summed E-state index contributed by atoms with van der Waals surface area (Å²) in [6.45, 7) is 7.52. The van der Waals surface area contributed by atoms with Gasteiger partial charge in [-0.15, -0.1) is 0 Å². The van der Waals surface area contributed by atoms with Crippen molar-refractivity contribution in [3.05, 3.63) is 29.5 Å². The van der Waals surface area contributed by atoms with Crippen LogP contribution in [-0.4, -0.2) is 36.5 Å². The minimum absolute atomic E-state index is 0.736. The predicted octanol–water partition coefficient (Wildman–Crippen LogP) is 1.59. The van der Waals surface area contributed by atoms with Crippen molar-refractivity contribution in [1.29, 1.82) is 0 Å². The van der Waals surface area contributed by atoms with Gasteiger partial charge in [0.1, 0.15) is 11.8 Å². The first-order valence-electron chi connectivity index (χ1n) is 6.56. The summed E-state index contributed by atoms with van der Waals surface area (Å²) >= 11 is 0. The number of anilines is 1. The normalized spacial score (nSPS) is 11.2. The highest BCUT2D eigenvalue weighted by Gasteiger charge is 2.08. The third-order valence-corrected chi connectivity index (χ3v) is 3.23. The summed E-state index contributed by atoms with van der Waals surface area (Å²) in [5.74, 6) is 0.751. The van der Waals surface area contributed by atoms with E-state index >= 15 is 0 Å². The van der Waals surface area contributed by atoms with Gasteiger partial charge in [0.05, 0.1) is 17.9 Å². The molecular weight excluding hydrogens is 254 g/mol. The molecule has 2 N–H and O–H groups in total. The van der Waals surface area contributed by atoms with Crippen LogP contribution in [0, 0.1) is 20.8 Å². The second-order valence-electron chi connectivity index (χ2n) is 4.85. The van der Waals surface area contributed by atoms with E-state index in [-0.39, 0.29) is 0 Å². The number of nitrogens with zero attached hydrogens (tertiary/aromatic N) is 5. The molecule has 7 nitrogen and oxygen atoms in total. The molecule has 0 radical (unpaired) electrons. The van der Waals surface area contributed by atoms with Crippen molar-refractivity contribution < 1.29 is 0 Å². The van der Waals surface area contributed by atoms with E-state index in [2.05, 4.69) is 43.6 Å². The summed E-state index contributed by atoms with van der Waals surface area (Å²) in [5, 5.41) is 14.9. The first-order valence-corrected chi connectivity index (χ1v) is 6.56. The fourth-order valence-electron chi connectivity index (χ4n) is 2.26. The largest absolute Gasteiger partial charge is 0.366 e. The highest BCUT2D eigenvalue weighted by atomic mass is 15.3. The van der Waals surface area contributed by atoms with E-state index in [0.29, 0.717) is 0 Å². The quantitative estimate of drug-likeness (QED) is 0.752. The Hall–Kier alpha value is -2.44. The van der Waals surface area contributed by atoms with Gasteiger partial charge < -0.3 is 5.32 Å². The van der Waals surface area contributed by atoms with Crippen molar-refractivity contribution in [3.8, 4) is 0 Å². The number of aromatic amines is 1. The Bertz CT molecular complexity index is 740. The maximum atomic E-state index is 4.43. The number of hydrogen-bond donors (Lipinski definition) is 2. The first-order chi connectivity index (χ1) is 9.65. The molecule has 0 atom stereocenters. The molecule has 0 aliphatic carbocycles. The molecule has 104 valence electrons. The molecule has 3 aromatic heterocycles. The number of aryl methyl sites for hydroxylation is 3. The summed E-state index contributed by atoms with van der Waals surface area (Å²) in [6, 6.07) is 2.07. The molecule has 20 heavy (non-hydrogen) atoms. The lowest BCUT2D eigenvalue weighted by Crippen LogP contribution is -2.13. The van der Waals surface area contributed by atoms with Gasteiger partial charge in [0, 0.05) is 12.2 Å². The smallest absolute Gasteiger partial charge is 0.158 e. The Morgan fingerprint density at radius 2 is 2.05 bits per heavy atom. The van der Waals surface area contributed by atoms with Gasteiger partial charge >= 0.3 is 0 Å². The molecule has 0 saturated heterocycles. The predicted molar refractivity (Wildman–Crippen MR) is 76.6 cm³/mol. The molecule has 3 heterocycles. The van der Waals surface area contributed by atoms with Crippen molar-refractivity contribution in [2.24, 2.45) is 0 Å². The Morgan fingerprint density at radius 3 is 2.80 bits per heavy atom. The summed E-state index contributed by atoms with van der Waals surface area (Å²) in [5.41, 5.74) is 4.78. The van der Waals surface area contributed by atoms with Crippen LogP contribution >= 0.6 is 0 Å². The zero-order valence-corrected chi connectivity index (χ0v) is 11.8. The number of fused-ring (bicyclic) bond motifs is 1. The van der Waals surface area contributed by atoms with Crippen LogP contribution in [0.15, 0.2) is 12.4 Å². The summed E-state index contributed by atoms with van der Waals surface area (Å²) < 4.78 is 1.98. The molecule has 0 bridgehead atoms. The number of nitrogens with one attached hydrogen (secondary N) is 2. The van der Waals surface area contributed by atoms with Crippen LogP contribution in [0.2, 0.25) is 0 Å². The number of rotatable bonds is 4. The highest BCUT2D eigenvalue weighted by molar-refractivity contribution is 5.86. The van der Waals surface area contributed by atoms with Crippen molar-refractivity contribution in [3.63, 3.8) is 0 Å². The Morgan fingerprint density at radius 1 is 1.20 bits per heavy atom. The van der Waals surface area contributed by atoms with Crippen LogP contribution in [0.1, 0.15) is 17.1 Å². The lowest BCUT2D eigenvalue weighted by Gasteiger charge is -2.07. The monoisotopic (exact) mass is 271 g/mol. The van der Waals surface area contributed by atoms with Crippen LogP contribution in [0.25, 0.3) is 11.0 Å². The minimum atomic E-state index is 0.736. The highest BCUT2D eigenvalue weighted by Crippen LogP contribution is 2.18. The molecule has 7 heteroatoms. The molecule has 0 amide bonds. The van der Waals surface area contributed by atoms with Crippen molar-refractivity contribution in [1.82, 2.24) is 29.9 Å². The van der Waals surface area contributed by atoms with Gasteiger partial charge in [-0.25, -0.2) is 9.97 Å². The molecule has 0 aliphatic heterocycles. The van der Waals surface area contributed by atoms with Crippen LogP contribution < -0.4 is 5.32 Å². The van der Waals surface area contributed by atoms with Gasteiger partial charge in [0.2, 0.25) is 0 Å². The van der Waals surface area contributed by atoms with Gasteiger partial charge in [-0.2, -0.15) is 10.2 Å². The Labute approximate surface area is 116 Å². The number of hydrogen-bond acceptors (Lipinski definition) is 5. The standard InChI is InChI=1S/C13H17N7/c1-8-6-9(2)20(19-8)5-4-14-13-12-11(15-7-16-13)10(3)17-18-12/h6-7H,4-5H2,1-3H3,(H,17,18)(H,14,15,16). The minimum Gasteiger partial charge on any atom is -0.366 e. The van der Waals surface area contributed by atoms with E-state index in [9.17, 15) is 0 Å². The molecule has 0 aliphatic rings. The molecule has 3 aromatic rings. The van der Waals surface area contributed by atoms with Gasteiger partial charge in [0.25, 0.3) is 0 Å². The molecule has 3 rings (SSSR count). The second kappa shape index (κ2) is 4.92. The molecule has 0 fully saturated rings. The van der Waals surface area contributed by atoms with Crippen LogP contribution in [0.3, 0.4) is 0 Å². The molecule has 0 spiro atoms. The van der Waals surface area contributed by atoms with Crippen LogP contribution in [0.5, 0.6) is 0 Å². The third-order valence-electron chi connectivity index (χ3n) is 3.23. The maximum Gasteiger partial charge on any atom is 0.158 e. The summed E-state index contributed by atoms with van der Waals surface area (Å²) in [6.07, 6.45) is 1.55. The van der Waals surface area contributed by atoms with E-state index in [4.69, 9.17) is 0 Å². The Balaban J connectivity index is 1.73. The molecular formula is C13H17N7. The van der Waals surface area contributed by atoms with Gasteiger partial charge in [-0.1, -0.05) is 0 Å². The third kappa shape index (κ3) is 2.22. The van der Waals surface area contributed by atoms with Crippen molar-refractivity contribution in [2.45, 2.75) is 27.3 Å². The first kappa shape index (κ1) is 12.6. The van der Waals surface area contributed by atoms with Crippen LogP contribution in [0.4, 0.5) is 5.82 Å². The molecule has 0 aromatic carbocycles. The van der Waals surface area contributed by atoms with E-state index < -0.39 is 0 Å². The second-order valence-corrected chi connectivity index (χ2v) is 4.85. The van der Waals surface area contributed by atoms with E-state index in [1.54, 1.807) is 6.33 Å². The van der Waals surface area contributed by atoms with Crippen LogP contribution in [-0.2, 0) is 6.54 Å². The molecule has 0 saturated carbocycles. The van der Waals surface area contributed by atoms with Gasteiger partial charge in [-0.05, 0) is 26.8 Å². The van der Waals surface area contributed by atoms with E-state index in [1.165, 1.54) is 0 Å². The number of H-pyrrole nitrogens is 1. The summed E-state index contributed by atoms with van der Waals surface area (Å²) in [7, 11) is 0. The zero-order valence-electron chi connectivity index (χ0n) is 11.8. The fraction of sp³-hybridized carbons (Fsp3) is 0.385. The zero-order chi connectivity index (χ0) is 14.1. The number of aromatic nitrogens is 6. The summed E-state index contributed by atoms with van der Waals surface area (Å²) in [4.78, 5) is 8.47. The molecule has 0 unspecified atom stereocenters.